The Balaban J connectivity index is 1.99. The standard InChI is InChI=1S/C19H22N2O6/c1-10(22)26-27-11-5-6-12-13(9-11)18(25)21(16(12)19(2,3)4)14-7-8-15(23)20-17(14)24/h5-6,9,14,16H,7-8H2,1-4H3,(H,20,23,24). The number of piperidine rings is 1. The molecule has 1 saturated heterocycles. The van der Waals surface area contributed by atoms with Gasteiger partial charge in [0.1, 0.15) is 6.04 Å². The fourth-order valence-corrected chi connectivity index (χ4v) is 3.68. The summed E-state index contributed by atoms with van der Waals surface area (Å²) in [7, 11) is 0. The Bertz CT molecular complexity index is 826. The van der Waals surface area contributed by atoms with Crippen LogP contribution in [0.1, 0.15) is 62.5 Å². The largest absolute Gasteiger partial charge is 0.352 e. The van der Waals surface area contributed by atoms with Crippen molar-refractivity contribution in [2.75, 3.05) is 0 Å². The predicted molar refractivity (Wildman–Crippen MR) is 93.4 cm³/mol. The molecular weight excluding hydrogens is 352 g/mol. The molecule has 1 aromatic carbocycles. The van der Waals surface area contributed by atoms with Gasteiger partial charge in [0.25, 0.3) is 5.91 Å². The first-order valence-electron chi connectivity index (χ1n) is 8.75. The number of hydrogen-bond donors (Lipinski definition) is 1. The number of fused-ring (bicyclic) bond motifs is 1. The molecule has 2 heterocycles. The first-order valence-corrected chi connectivity index (χ1v) is 8.75. The van der Waals surface area contributed by atoms with E-state index in [0.29, 0.717) is 5.56 Å². The number of carbonyl (C=O) groups excluding carboxylic acids is 4. The molecule has 3 rings (SSSR count). The molecule has 2 aliphatic heterocycles. The molecule has 8 heteroatoms. The summed E-state index contributed by atoms with van der Waals surface area (Å²) in [6, 6.07) is 3.80. The average molecular weight is 374 g/mol. The summed E-state index contributed by atoms with van der Waals surface area (Å²) < 4.78 is 0. The molecule has 0 aliphatic carbocycles. The van der Waals surface area contributed by atoms with Gasteiger partial charge in [-0.25, -0.2) is 4.79 Å². The second-order valence-electron chi connectivity index (χ2n) is 7.86. The highest BCUT2D eigenvalue weighted by molar-refractivity contribution is 6.06. The highest BCUT2D eigenvalue weighted by Crippen LogP contribution is 2.47. The van der Waals surface area contributed by atoms with Crippen LogP contribution in [-0.4, -0.2) is 34.6 Å². The Morgan fingerprint density at radius 3 is 2.52 bits per heavy atom. The molecule has 0 aromatic heterocycles. The van der Waals surface area contributed by atoms with Crippen molar-refractivity contribution in [3.05, 3.63) is 29.3 Å². The molecule has 2 unspecified atom stereocenters. The normalized spacial score (nSPS) is 22.4. The van der Waals surface area contributed by atoms with Crippen LogP contribution in [0.25, 0.3) is 0 Å². The lowest BCUT2D eigenvalue weighted by atomic mass is 9.81. The van der Waals surface area contributed by atoms with Crippen LogP contribution in [0.4, 0.5) is 0 Å². The van der Waals surface area contributed by atoms with Gasteiger partial charge in [-0.15, -0.1) is 0 Å². The molecule has 8 nitrogen and oxygen atoms in total. The van der Waals surface area contributed by atoms with Crippen LogP contribution < -0.4 is 10.2 Å². The molecule has 144 valence electrons. The first kappa shape index (κ1) is 18.9. The molecule has 1 N–H and O–H groups in total. The number of nitrogens with one attached hydrogen (secondary N) is 1. The Hall–Kier alpha value is -2.90. The molecule has 0 saturated carbocycles. The van der Waals surface area contributed by atoms with Crippen LogP contribution in [-0.2, 0) is 19.3 Å². The summed E-state index contributed by atoms with van der Waals surface area (Å²) in [5.74, 6) is -1.50. The highest BCUT2D eigenvalue weighted by atomic mass is 17.2. The third-order valence-electron chi connectivity index (χ3n) is 4.68. The van der Waals surface area contributed by atoms with E-state index >= 15 is 0 Å². The van der Waals surface area contributed by atoms with E-state index in [1.54, 1.807) is 17.0 Å². The maximum Gasteiger partial charge on any atom is 0.352 e. The fraction of sp³-hybridized carbons (Fsp3) is 0.474. The number of amides is 3. The van der Waals surface area contributed by atoms with Crippen molar-refractivity contribution in [3.8, 4) is 5.75 Å². The molecular formula is C19H22N2O6. The second kappa shape index (κ2) is 6.68. The number of hydrogen-bond acceptors (Lipinski definition) is 6. The number of nitrogens with zero attached hydrogens (tertiary/aromatic N) is 1. The van der Waals surface area contributed by atoms with Crippen LogP contribution in [0.15, 0.2) is 18.2 Å². The van der Waals surface area contributed by atoms with Crippen molar-refractivity contribution in [2.45, 2.75) is 52.6 Å². The van der Waals surface area contributed by atoms with Gasteiger partial charge < -0.3 is 4.90 Å². The van der Waals surface area contributed by atoms with Crippen molar-refractivity contribution in [3.63, 3.8) is 0 Å². The minimum atomic E-state index is -0.718. The molecule has 1 fully saturated rings. The molecule has 27 heavy (non-hydrogen) atoms. The number of benzene rings is 1. The van der Waals surface area contributed by atoms with E-state index in [9.17, 15) is 19.2 Å². The SMILES string of the molecule is CC(=O)OOc1ccc2c(c1)C(=O)N(C1CCC(=O)NC1=O)C2C(C)(C)C. The van der Waals surface area contributed by atoms with E-state index in [2.05, 4.69) is 10.2 Å². The van der Waals surface area contributed by atoms with E-state index in [4.69, 9.17) is 4.89 Å². The van der Waals surface area contributed by atoms with Gasteiger partial charge in [0.2, 0.25) is 11.8 Å². The molecule has 2 atom stereocenters. The van der Waals surface area contributed by atoms with Crippen LogP contribution in [0.3, 0.4) is 0 Å². The van der Waals surface area contributed by atoms with Crippen molar-refractivity contribution in [2.24, 2.45) is 5.41 Å². The van der Waals surface area contributed by atoms with E-state index in [1.165, 1.54) is 13.0 Å². The fourth-order valence-electron chi connectivity index (χ4n) is 3.68. The van der Waals surface area contributed by atoms with Crippen LogP contribution in [0.5, 0.6) is 5.75 Å². The third kappa shape index (κ3) is 3.51. The van der Waals surface area contributed by atoms with Crippen LogP contribution >= 0.6 is 0 Å². The quantitative estimate of drug-likeness (QED) is 0.492. The predicted octanol–water partition coefficient (Wildman–Crippen LogP) is 1.89. The van der Waals surface area contributed by atoms with Crippen LogP contribution in [0, 0.1) is 5.41 Å². The summed E-state index contributed by atoms with van der Waals surface area (Å²) in [4.78, 5) is 59.0. The van der Waals surface area contributed by atoms with Gasteiger partial charge in [-0.2, -0.15) is 0 Å². The topological polar surface area (TPSA) is 102 Å². The van der Waals surface area contributed by atoms with Gasteiger partial charge in [-0.1, -0.05) is 26.8 Å². The van der Waals surface area contributed by atoms with E-state index < -0.39 is 17.9 Å². The molecule has 0 radical (unpaired) electrons. The zero-order valence-electron chi connectivity index (χ0n) is 15.7. The Morgan fingerprint density at radius 2 is 1.93 bits per heavy atom. The van der Waals surface area contributed by atoms with Gasteiger partial charge in [-0.05, 0) is 29.5 Å². The monoisotopic (exact) mass is 374 g/mol. The van der Waals surface area contributed by atoms with Gasteiger partial charge in [0.05, 0.1) is 6.04 Å². The van der Waals surface area contributed by atoms with Gasteiger partial charge in [0, 0.05) is 18.9 Å². The van der Waals surface area contributed by atoms with Crippen molar-refractivity contribution in [1.29, 1.82) is 0 Å². The van der Waals surface area contributed by atoms with Crippen molar-refractivity contribution < 1.29 is 29.0 Å². The Kier molecular flexibility index (Phi) is 4.67. The average Bonchev–Trinajstić information content (AvgIpc) is 2.85. The van der Waals surface area contributed by atoms with Gasteiger partial charge >= 0.3 is 5.97 Å². The minimum Gasteiger partial charge on any atom is -0.319 e. The maximum absolute atomic E-state index is 13.2. The van der Waals surface area contributed by atoms with Gasteiger partial charge in [0.15, 0.2) is 5.75 Å². The first-order chi connectivity index (χ1) is 12.6. The van der Waals surface area contributed by atoms with E-state index in [1.807, 2.05) is 20.8 Å². The second-order valence-corrected chi connectivity index (χ2v) is 7.86. The summed E-state index contributed by atoms with van der Waals surface area (Å²) in [6.07, 6.45) is 0.474. The van der Waals surface area contributed by atoms with Gasteiger partial charge in [-0.3, -0.25) is 29.5 Å². The molecule has 0 bridgehead atoms. The van der Waals surface area contributed by atoms with E-state index in [0.717, 1.165) is 5.56 Å². The Morgan fingerprint density at radius 1 is 1.22 bits per heavy atom. The van der Waals surface area contributed by atoms with Crippen LogP contribution in [0.2, 0.25) is 0 Å². The van der Waals surface area contributed by atoms with Crippen molar-refractivity contribution >= 4 is 23.7 Å². The number of rotatable bonds is 3. The smallest absolute Gasteiger partial charge is 0.319 e. The molecule has 1 aromatic rings. The number of imide groups is 1. The molecule has 3 amide bonds. The minimum absolute atomic E-state index is 0.189. The number of carbonyl (C=O) groups is 4. The lowest BCUT2D eigenvalue weighted by Gasteiger charge is -2.40. The highest BCUT2D eigenvalue weighted by Gasteiger charge is 2.49. The summed E-state index contributed by atoms with van der Waals surface area (Å²) in [6.45, 7) is 7.17. The summed E-state index contributed by atoms with van der Waals surface area (Å²) in [5.41, 5.74) is 0.817. The lowest BCUT2D eigenvalue weighted by molar-refractivity contribution is -0.210. The van der Waals surface area contributed by atoms with E-state index in [-0.39, 0.29) is 41.9 Å². The summed E-state index contributed by atoms with van der Waals surface area (Å²) >= 11 is 0. The third-order valence-corrected chi connectivity index (χ3v) is 4.68. The lowest BCUT2D eigenvalue weighted by Crippen LogP contribution is -2.54. The zero-order valence-corrected chi connectivity index (χ0v) is 15.7. The Labute approximate surface area is 156 Å². The summed E-state index contributed by atoms with van der Waals surface area (Å²) in [5, 5.41) is 2.32. The van der Waals surface area contributed by atoms with Crippen molar-refractivity contribution in [1.82, 2.24) is 10.2 Å². The molecule has 2 aliphatic rings. The molecule has 0 spiro atoms. The zero-order chi connectivity index (χ0) is 19.9. The maximum atomic E-state index is 13.2.